The zero-order valence-corrected chi connectivity index (χ0v) is 7.07. The van der Waals surface area contributed by atoms with Crippen LogP contribution in [0.2, 0.25) is 0 Å². The maximum Gasteiger partial charge on any atom is 0.186 e. The molecule has 64 valence electrons. The van der Waals surface area contributed by atoms with Crippen LogP contribution in [0, 0.1) is 0 Å². The van der Waals surface area contributed by atoms with Crippen molar-refractivity contribution in [2.24, 2.45) is 9.98 Å². The summed E-state index contributed by atoms with van der Waals surface area (Å²) in [6, 6.07) is 0. The molecule has 0 saturated carbocycles. The minimum atomic E-state index is -0.0661. The van der Waals surface area contributed by atoms with E-state index >= 15 is 0 Å². The van der Waals surface area contributed by atoms with Crippen molar-refractivity contribution in [3.05, 3.63) is 11.5 Å². The normalized spacial score (nSPS) is 25.0. The van der Waals surface area contributed by atoms with Gasteiger partial charge >= 0.3 is 0 Å². The van der Waals surface area contributed by atoms with E-state index in [1.165, 1.54) is 0 Å². The van der Waals surface area contributed by atoms with Gasteiger partial charge in [-0.05, 0) is 0 Å². The summed E-state index contributed by atoms with van der Waals surface area (Å²) in [5, 5.41) is 6.12. The molecule has 0 fully saturated rings. The monoisotopic (exact) mass is 165 g/mol. The Balaban J connectivity index is 2.32. The van der Waals surface area contributed by atoms with Crippen LogP contribution in [0.1, 0.15) is 0 Å². The van der Waals surface area contributed by atoms with Crippen LogP contribution in [0.25, 0.3) is 0 Å². The van der Waals surface area contributed by atoms with Crippen molar-refractivity contribution in [3.8, 4) is 0 Å². The molecule has 0 amide bonds. The summed E-state index contributed by atoms with van der Waals surface area (Å²) < 4.78 is 0. The molecular weight excluding hydrogens is 154 g/mol. The molecule has 0 radical (unpaired) electrons. The van der Waals surface area contributed by atoms with Crippen molar-refractivity contribution in [3.63, 3.8) is 0 Å². The second-order valence-corrected chi connectivity index (χ2v) is 2.88. The highest BCUT2D eigenvalue weighted by Gasteiger charge is 2.23. The Bertz CT molecular complexity index is 276. The van der Waals surface area contributed by atoms with Crippen LogP contribution in [-0.2, 0) is 0 Å². The van der Waals surface area contributed by atoms with E-state index in [2.05, 4.69) is 20.6 Å². The van der Waals surface area contributed by atoms with Crippen molar-refractivity contribution in [1.29, 1.82) is 0 Å². The fourth-order valence-corrected chi connectivity index (χ4v) is 1.25. The lowest BCUT2D eigenvalue weighted by Crippen LogP contribution is -2.34. The number of nitrogens with one attached hydrogen (secondary N) is 2. The van der Waals surface area contributed by atoms with E-state index in [1.807, 2.05) is 19.0 Å². The van der Waals surface area contributed by atoms with Gasteiger partial charge in [0.2, 0.25) is 0 Å². The maximum absolute atomic E-state index is 4.14. The summed E-state index contributed by atoms with van der Waals surface area (Å²) in [6.07, 6.45) is 3.28. The van der Waals surface area contributed by atoms with Gasteiger partial charge in [-0.25, -0.2) is 9.98 Å². The molecule has 2 aliphatic rings. The van der Waals surface area contributed by atoms with Gasteiger partial charge in [0.1, 0.15) is 11.5 Å². The number of hydrogen-bond acceptors (Lipinski definition) is 5. The molecule has 0 aromatic heterocycles. The van der Waals surface area contributed by atoms with Crippen LogP contribution < -0.4 is 10.6 Å². The number of rotatable bonds is 1. The minimum Gasteiger partial charge on any atom is -0.363 e. The first-order valence-electron chi connectivity index (χ1n) is 3.77. The van der Waals surface area contributed by atoms with Gasteiger partial charge in [0.25, 0.3) is 0 Å². The van der Waals surface area contributed by atoms with Gasteiger partial charge in [-0.1, -0.05) is 0 Å². The van der Waals surface area contributed by atoms with Gasteiger partial charge in [-0.2, -0.15) is 0 Å². The summed E-state index contributed by atoms with van der Waals surface area (Å²) in [6.45, 7) is 0. The van der Waals surface area contributed by atoms with Crippen molar-refractivity contribution < 1.29 is 0 Å². The predicted octanol–water partition coefficient (Wildman–Crippen LogP) is -0.694. The van der Waals surface area contributed by atoms with Crippen LogP contribution in [0.4, 0.5) is 0 Å². The minimum absolute atomic E-state index is 0.0661. The summed E-state index contributed by atoms with van der Waals surface area (Å²) >= 11 is 0. The van der Waals surface area contributed by atoms with E-state index in [1.54, 1.807) is 12.7 Å². The highest BCUT2D eigenvalue weighted by molar-refractivity contribution is 5.68. The molecule has 1 unspecified atom stereocenters. The number of fused-ring (bicyclic) bond motifs is 1. The van der Waals surface area contributed by atoms with Crippen molar-refractivity contribution in [2.75, 3.05) is 14.1 Å². The number of nitrogens with zero attached hydrogens (tertiary/aromatic N) is 3. The molecule has 12 heavy (non-hydrogen) atoms. The second kappa shape index (κ2) is 2.51. The van der Waals surface area contributed by atoms with Crippen molar-refractivity contribution in [2.45, 2.75) is 6.17 Å². The first-order valence-corrected chi connectivity index (χ1v) is 3.77. The summed E-state index contributed by atoms with van der Waals surface area (Å²) in [4.78, 5) is 10.3. The van der Waals surface area contributed by atoms with Crippen molar-refractivity contribution in [1.82, 2.24) is 15.5 Å². The lowest BCUT2D eigenvalue weighted by atomic mass is 10.3. The van der Waals surface area contributed by atoms with E-state index in [4.69, 9.17) is 0 Å². The molecule has 1 atom stereocenters. The Morgan fingerprint density at radius 3 is 2.58 bits per heavy atom. The predicted molar refractivity (Wildman–Crippen MR) is 47.8 cm³/mol. The van der Waals surface area contributed by atoms with Gasteiger partial charge < -0.3 is 15.5 Å². The molecule has 0 saturated heterocycles. The SMILES string of the molecule is CN(C)C1=C2NC=NC2N=CN1. The first-order chi connectivity index (χ1) is 5.79. The van der Waals surface area contributed by atoms with Crippen LogP contribution >= 0.6 is 0 Å². The molecule has 5 heteroatoms. The third-order valence-electron chi connectivity index (χ3n) is 1.81. The Labute approximate surface area is 70.9 Å². The van der Waals surface area contributed by atoms with E-state index in [0.717, 1.165) is 11.5 Å². The standard InChI is InChI=1S/C7H11N5/c1-12(2)7-5-6(9-3-8-5)10-4-11-7/h3-4,6H,1-2H3,(H,8,9)(H,10,11). The topological polar surface area (TPSA) is 52.0 Å². The van der Waals surface area contributed by atoms with Gasteiger partial charge in [0, 0.05) is 14.1 Å². The Morgan fingerprint density at radius 2 is 1.92 bits per heavy atom. The summed E-state index contributed by atoms with van der Waals surface area (Å²) in [5.41, 5.74) is 1.02. The molecule has 5 nitrogen and oxygen atoms in total. The molecule has 0 aliphatic carbocycles. The average molecular weight is 165 g/mol. The van der Waals surface area contributed by atoms with E-state index in [9.17, 15) is 0 Å². The summed E-state index contributed by atoms with van der Waals surface area (Å²) in [5.74, 6) is 1.02. The smallest absolute Gasteiger partial charge is 0.186 e. The number of aliphatic imine (C=N–C) groups is 2. The van der Waals surface area contributed by atoms with Crippen LogP contribution in [0.3, 0.4) is 0 Å². The van der Waals surface area contributed by atoms with Crippen LogP contribution in [0.5, 0.6) is 0 Å². The Hall–Kier alpha value is -1.52. The average Bonchev–Trinajstić information content (AvgIpc) is 2.49. The number of hydrogen-bond donors (Lipinski definition) is 2. The molecule has 2 rings (SSSR count). The molecule has 2 N–H and O–H groups in total. The fraction of sp³-hybridized carbons (Fsp3) is 0.429. The zero-order valence-electron chi connectivity index (χ0n) is 7.07. The van der Waals surface area contributed by atoms with Crippen molar-refractivity contribution >= 4 is 12.7 Å². The highest BCUT2D eigenvalue weighted by atomic mass is 15.3. The van der Waals surface area contributed by atoms with Gasteiger partial charge in [-0.15, -0.1) is 0 Å². The summed E-state index contributed by atoms with van der Waals surface area (Å²) in [7, 11) is 3.96. The zero-order chi connectivity index (χ0) is 8.55. The van der Waals surface area contributed by atoms with Crippen LogP contribution in [-0.4, -0.2) is 37.8 Å². The molecule has 2 heterocycles. The second-order valence-electron chi connectivity index (χ2n) is 2.88. The molecule has 0 aromatic carbocycles. The molecule has 0 spiro atoms. The lowest BCUT2D eigenvalue weighted by molar-refractivity contribution is 0.468. The van der Waals surface area contributed by atoms with Gasteiger partial charge in [0.15, 0.2) is 6.17 Å². The lowest BCUT2D eigenvalue weighted by Gasteiger charge is -2.23. The highest BCUT2D eigenvalue weighted by Crippen LogP contribution is 2.16. The third kappa shape index (κ3) is 0.939. The molecule has 0 aromatic rings. The third-order valence-corrected chi connectivity index (χ3v) is 1.81. The quantitative estimate of drug-likeness (QED) is 0.540. The fourth-order valence-electron chi connectivity index (χ4n) is 1.25. The van der Waals surface area contributed by atoms with E-state index < -0.39 is 0 Å². The molecular formula is C7H11N5. The van der Waals surface area contributed by atoms with Gasteiger partial charge in [0.05, 0.1) is 12.7 Å². The Kier molecular flexibility index (Phi) is 1.49. The molecule has 0 bridgehead atoms. The maximum atomic E-state index is 4.14. The largest absolute Gasteiger partial charge is 0.363 e. The Morgan fingerprint density at radius 1 is 1.25 bits per heavy atom. The van der Waals surface area contributed by atoms with Crippen LogP contribution in [0.15, 0.2) is 21.5 Å². The molecule has 2 aliphatic heterocycles. The van der Waals surface area contributed by atoms with Gasteiger partial charge in [-0.3, -0.25) is 0 Å². The van der Waals surface area contributed by atoms with E-state index in [0.29, 0.717) is 0 Å². The van der Waals surface area contributed by atoms with E-state index in [-0.39, 0.29) is 6.17 Å². The first kappa shape index (κ1) is 7.15.